The first-order valence-electron chi connectivity index (χ1n) is 7.77. The summed E-state index contributed by atoms with van der Waals surface area (Å²) in [7, 11) is 1.75. The third-order valence-corrected chi connectivity index (χ3v) is 6.00. The molecular formula is C17H17ClN4O2S2. The zero-order valence-corrected chi connectivity index (χ0v) is 16.6. The van der Waals surface area contributed by atoms with Crippen LogP contribution in [0.15, 0.2) is 45.4 Å². The van der Waals surface area contributed by atoms with Gasteiger partial charge < -0.3 is 14.6 Å². The number of carbonyl (C=O) groups excluding carboxylic acids is 1. The maximum Gasteiger partial charge on any atom is 0.233 e. The fourth-order valence-electron chi connectivity index (χ4n) is 2.13. The number of aromatic nitrogens is 2. The van der Waals surface area contributed by atoms with Crippen molar-refractivity contribution in [2.45, 2.75) is 17.8 Å². The van der Waals surface area contributed by atoms with E-state index in [-0.39, 0.29) is 5.91 Å². The molecule has 0 unspecified atom stereocenters. The molecule has 26 heavy (non-hydrogen) atoms. The number of thioether (sulfide) groups is 1. The van der Waals surface area contributed by atoms with Crippen LogP contribution in [0, 0.1) is 6.92 Å². The van der Waals surface area contributed by atoms with Gasteiger partial charge in [-0.15, -0.1) is 10.2 Å². The number of benzene rings is 1. The highest BCUT2D eigenvalue weighted by Crippen LogP contribution is 2.30. The highest BCUT2D eigenvalue weighted by molar-refractivity contribution is 8.01. The second-order valence-corrected chi connectivity index (χ2v) is 8.14. The Balaban J connectivity index is 1.53. The number of anilines is 2. The topological polar surface area (TPSA) is 71.3 Å². The summed E-state index contributed by atoms with van der Waals surface area (Å²) in [6, 6.07) is 9.30. The maximum atomic E-state index is 12.2. The minimum Gasteiger partial charge on any atom is -0.467 e. The number of hydrogen-bond acceptors (Lipinski definition) is 7. The number of amides is 1. The Morgan fingerprint density at radius 2 is 2.19 bits per heavy atom. The van der Waals surface area contributed by atoms with Gasteiger partial charge in [-0.3, -0.25) is 4.79 Å². The van der Waals surface area contributed by atoms with Crippen molar-refractivity contribution in [2.75, 3.05) is 18.1 Å². The summed E-state index contributed by atoms with van der Waals surface area (Å²) < 4.78 is 5.99. The smallest absolute Gasteiger partial charge is 0.233 e. The van der Waals surface area contributed by atoms with Gasteiger partial charge in [-0.1, -0.05) is 40.8 Å². The summed E-state index contributed by atoms with van der Waals surface area (Å²) in [5, 5.41) is 12.8. The monoisotopic (exact) mass is 408 g/mol. The Hall–Kier alpha value is -2.03. The number of nitrogens with zero attached hydrogens (tertiary/aromatic N) is 3. The van der Waals surface area contributed by atoms with Gasteiger partial charge in [0.25, 0.3) is 0 Å². The first-order valence-corrected chi connectivity index (χ1v) is 9.95. The molecule has 3 aromatic rings. The molecule has 136 valence electrons. The lowest BCUT2D eigenvalue weighted by molar-refractivity contribution is -0.127. The second-order valence-electron chi connectivity index (χ2n) is 5.53. The molecule has 0 atom stereocenters. The molecule has 0 saturated heterocycles. The zero-order valence-electron chi connectivity index (χ0n) is 14.2. The molecule has 0 spiro atoms. The first kappa shape index (κ1) is 18.8. The molecule has 2 heterocycles. The summed E-state index contributed by atoms with van der Waals surface area (Å²) in [5.74, 6) is 1.05. The molecule has 0 radical (unpaired) electrons. The van der Waals surface area contributed by atoms with Crippen molar-refractivity contribution >= 4 is 51.4 Å². The molecule has 0 aliphatic heterocycles. The number of carbonyl (C=O) groups is 1. The van der Waals surface area contributed by atoms with E-state index in [1.807, 2.05) is 31.2 Å². The first-order chi connectivity index (χ1) is 12.5. The summed E-state index contributed by atoms with van der Waals surface area (Å²) in [5.41, 5.74) is 1.84. The summed E-state index contributed by atoms with van der Waals surface area (Å²) in [4.78, 5) is 13.8. The Morgan fingerprint density at radius 1 is 1.35 bits per heavy atom. The highest BCUT2D eigenvalue weighted by atomic mass is 35.5. The molecule has 1 amide bonds. The van der Waals surface area contributed by atoms with Crippen molar-refractivity contribution in [3.8, 4) is 0 Å². The number of furan rings is 1. The van der Waals surface area contributed by atoms with E-state index in [0.717, 1.165) is 21.4 Å². The minimum absolute atomic E-state index is 0.00166. The predicted molar refractivity (Wildman–Crippen MR) is 105 cm³/mol. The fourth-order valence-corrected chi connectivity index (χ4v) is 4.01. The lowest BCUT2D eigenvalue weighted by atomic mass is 10.2. The van der Waals surface area contributed by atoms with E-state index in [1.54, 1.807) is 24.3 Å². The van der Waals surface area contributed by atoms with Crippen LogP contribution in [0.25, 0.3) is 0 Å². The van der Waals surface area contributed by atoms with Crippen molar-refractivity contribution in [3.05, 3.63) is 52.9 Å². The van der Waals surface area contributed by atoms with E-state index in [9.17, 15) is 4.79 Å². The van der Waals surface area contributed by atoms with Crippen molar-refractivity contribution in [2.24, 2.45) is 0 Å². The maximum absolute atomic E-state index is 12.2. The van der Waals surface area contributed by atoms with Crippen LogP contribution in [0.5, 0.6) is 0 Å². The third kappa shape index (κ3) is 4.78. The Labute approximate surface area is 164 Å². The Morgan fingerprint density at radius 3 is 2.96 bits per heavy atom. The summed E-state index contributed by atoms with van der Waals surface area (Å²) in [6.07, 6.45) is 1.60. The lowest BCUT2D eigenvalue weighted by Crippen LogP contribution is -2.27. The van der Waals surface area contributed by atoms with Gasteiger partial charge in [0.05, 0.1) is 18.6 Å². The van der Waals surface area contributed by atoms with Crippen molar-refractivity contribution in [3.63, 3.8) is 0 Å². The van der Waals surface area contributed by atoms with Gasteiger partial charge in [-0.05, 0) is 36.8 Å². The normalized spacial score (nSPS) is 10.7. The van der Waals surface area contributed by atoms with Crippen LogP contribution in [0.1, 0.15) is 11.3 Å². The van der Waals surface area contributed by atoms with Crippen LogP contribution in [0.3, 0.4) is 0 Å². The second kappa shape index (κ2) is 8.57. The molecule has 1 aromatic carbocycles. The SMILES string of the molecule is Cc1c(Cl)cccc1Nc1nnc(SCC(=O)N(C)Cc2ccco2)s1. The molecule has 0 bridgehead atoms. The van der Waals surface area contributed by atoms with E-state index < -0.39 is 0 Å². The van der Waals surface area contributed by atoms with Crippen LogP contribution in [0.2, 0.25) is 5.02 Å². The van der Waals surface area contributed by atoms with Gasteiger partial charge in [0.2, 0.25) is 11.0 Å². The van der Waals surface area contributed by atoms with Gasteiger partial charge in [-0.2, -0.15) is 0 Å². The molecule has 0 fully saturated rings. The lowest BCUT2D eigenvalue weighted by Gasteiger charge is -2.14. The largest absolute Gasteiger partial charge is 0.467 e. The Kier molecular flexibility index (Phi) is 6.18. The van der Waals surface area contributed by atoms with Gasteiger partial charge in [-0.25, -0.2) is 0 Å². The number of hydrogen-bond donors (Lipinski definition) is 1. The van der Waals surface area contributed by atoms with Crippen molar-refractivity contribution in [1.29, 1.82) is 0 Å². The molecule has 0 aliphatic rings. The van der Waals surface area contributed by atoms with Gasteiger partial charge in [0.15, 0.2) is 4.34 Å². The molecule has 6 nitrogen and oxygen atoms in total. The van der Waals surface area contributed by atoms with Crippen LogP contribution < -0.4 is 5.32 Å². The van der Waals surface area contributed by atoms with E-state index >= 15 is 0 Å². The van der Waals surface area contributed by atoms with E-state index in [0.29, 0.717) is 22.5 Å². The quantitative estimate of drug-likeness (QED) is 0.576. The van der Waals surface area contributed by atoms with Gasteiger partial charge >= 0.3 is 0 Å². The van der Waals surface area contributed by atoms with E-state index in [4.69, 9.17) is 16.0 Å². The number of nitrogens with one attached hydrogen (secondary N) is 1. The van der Waals surface area contributed by atoms with Crippen LogP contribution in [-0.4, -0.2) is 33.8 Å². The summed E-state index contributed by atoms with van der Waals surface area (Å²) >= 11 is 8.89. The zero-order chi connectivity index (χ0) is 18.5. The van der Waals surface area contributed by atoms with Crippen molar-refractivity contribution in [1.82, 2.24) is 15.1 Å². The Bertz CT molecular complexity index is 883. The number of rotatable bonds is 7. The number of halogens is 1. The molecule has 2 aromatic heterocycles. The van der Waals surface area contributed by atoms with Crippen molar-refractivity contribution < 1.29 is 9.21 Å². The van der Waals surface area contributed by atoms with E-state index in [1.165, 1.54) is 23.1 Å². The average molecular weight is 409 g/mol. The highest BCUT2D eigenvalue weighted by Gasteiger charge is 2.14. The molecule has 1 N–H and O–H groups in total. The standard InChI is InChI=1S/C17H17ClN4O2S2/c1-11-13(18)6-3-7-14(11)19-16-20-21-17(26-16)25-10-15(23)22(2)9-12-5-4-8-24-12/h3-8H,9-10H2,1-2H3,(H,19,20). The molecule has 0 saturated carbocycles. The van der Waals surface area contributed by atoms with Gasteiger partial charge in [0, 0.05) is 17.8 Å². The predicted octanol–water partition coefficient (Wildman–Crippen LogP) is 4.59. The summed E-state index contributed by atoms with van der Waals surface area (Å²) in [6.45, 7) is 2.39. The molecule has 3 rings (SSSR count). The average Bonchev–Trinajstić information content (AvgIpc) is 3.29. The van der Waals surface area contributed by atoms with Crippen LogP contribution in [0.4, 0.5) is 10.8 Å². The van der Waals surface area contributed by atoms with Crippen LogP contribution in [-0.2, 0) is 11.3 Å². The minimum atomic E-state index is 0.00166. The van der Waals surface area contributed by atoms with Gasteiger partial charge in [0.1, 0.15) is 5.76 Å². The van der Waals surface area contributed by atoms with Crippen LogP contribution >= 0.6 is 34.7 Å². The fraction of sp³-hybridized carbons (Fsp3) is 0.235. The molecule has 0 aliphatic carbocycles. The molecule has 9 heteroatoms. The molecular weight excluding hydrogens is 392 g/mol. The third-order valence-electron chi connectivity index (χ3n) is 3.63. The van der Waals surface area contributed by atoms with E-state index in [2.05, 4.69) is 15.5 Å².